The minimum Gasteiger partial charge on any atom is -0.479 e. The van der Waals surface area contributed by atoms with Gasteiger partial charge in [0.25, 0.3) is 0 Å². The molecular formula is C16H20ClNO4. The van der Waals surface area contributed by atoms with E-state index in [1.54, 1.807) is 32.9 Å². The lowest BCUT2D eigenvalue weighted by Gasteiger charge is -2.35. The first-order valence-corrected chi connectivity index (χ1v) is 7.40. The lowest BCUT2D eigenvalue weighted by molar-refractivity contribution is -0.149. The van der Waals surface area contributed by atoms with Crippen LogP contribution >= 0.6 is 11.6 Å². The monoisotopic (exact) mass is 325 g/mol. The minimum atomic E-state index is -1.34. The summed E-state index contributed by atoms with van der Waals surface area (Å²) in [5.74, 6) is -1.05. The van der Waals surface area contributed by atoms with E-state index in [1.807, 2.05) is 6.07 Å². The summed E-state index contributed by atoms with van der Waals surface area (Å²) in [4.78, 5) is 25.4. The molecule has 0 bridgehead atoms. The van der Waals surface area contributed by atoms with E-state index < -0.39 is 23.2 Å². The second-order valence-corrected chi connectivity index (χ2v) is 7.08. The number of hydrogen-bond acceptors (Lipinski definition) is 3. The van der Waals surface area contributed by atoms with Gasteiger partial charge < -0.3 is 9.84 Å². The molecule has 1 aromatic carbocycles. The summed E-state index contributed by atoms with van der Waals surface area (Å²) in [7, 11) is 1.47. The van der Waals surface area contributed by atoms with Gasteiger partial charge in [0.15, 0.2) is 5.54 Å². The first kappa shape index (κ1) is 16.6. The number of ether oxygens (including phenoxy) is 1. The number of hydrogen-bond donors (Lipinski definition) is 1. The number of benzene rings is 1. The normalized spacial score (nSPS) is 20.4. The van der Waals surface area contributed by atoms with Crippen LogP contribution in [0.5, 0.6) is 0 Å². The molecule has 6 heteroatoms. The zero-order valence-electron chi connectivity index (χ0n) is 13.1. The minimum absolute atomic E-state index is 0.216. The maximum atomic E-state index is 12.3. The second kappa shape index (κ2) is 5.47. The Bertz CT molecular complexity index is 623. The smallest absolute Gasteiger partial charge is 0.411 e. The molecule has 1 amide bonds. The van der Waals surface area contributed by atoms with E-state index in [-0.39, 0.29) is 12.8 Å². The highest BCUT2D eigenvalue weighted by Crippen LogP contribution is 2.36. The maximum Gasteiger partial charge on any atom is 0.411 e. The third-order valence-electron chi connectivity index (χ3n) is 3.84. The van der Waals surface area contributed by atoms with Crippen LogP contribution in [0, 0.1) is 0 Å². The molecule has 0 heterocycles. The molecule has 120 valence electrons. The number of rotatable bonds is 2. The molecule has 0 radical (unpaired) electrons. The summed E-state index contributed by atoms with van der Waals surface area (Å²) >= 11 is 5.97. The number of fused-ring (bicyclic) bond motifs is 1. The Labute approximate surface area is 134 Å². The summed E-state index contributed by atoms with van der Waals surface area (Å²) in [5.41, 5.74) is -0.276. The molecule has 0 spiro atoms. The standard InChI is InChI=1S/C16H20ClNO4/c1-15(2,3)22-14(21)18(4)16(13(19)20)8-10-5-6-12(17)7-11(10)9-16/h5-7H,8-9H2,1-4H3,(H,19,20). The van der Waals surface area contributed by atoms with E-state index in [1.165, 1.54) is 11.9 Å². The fraction of sp³-hybridized carbons (Fsp3) is 0.500. The Morgan fingerprint density at radius 3 is 2.41 bits per heavy atom. The number of carboxylic acid groups (broad SMARTS) is 1. The molecule has 1 N–H and O–H groups in total. The van der Waals surface area contributed by atoms with Crippen LogP contribution in [0.3, 0.4) is 0 Å². The molecule has 1 aliphatic rings. The highest BCUT2D eigenvalue weighted by atomic mass is 35.5. The summed E-state index contributed by atoms with van der Waals surface area (Å²) < 4.78 is 5.31. The molecule has 0 fully saturated rings. The Balaban J connectivity index is 2.32. The predicted molar refractivity (Wildman–Crippen MR) is 83.2 cm³/mol. The quantitative estimate of drug-likeness (QED) is 0.907. The van der Waals surface area contributed by atoms with Gasteiger partial charge in [-0.3, -0.25) is 4.90 Å². The largest absolute Gasteiger partial charge is 0.479 e. The number of halogens is 1. The van der Waals surface area contributed by atoms with Crippen molar-refractivity contribution >= 4 is 23.7 Å². The number of nitrogens with zero attached hydrogens (tertiary/aromatic N) is 1. The van der Waals surface area contributed by atoms with Gasteiger partial charge >= 0.3 is 12.1 Å². The van der Waals surface area contributed by atoms with Crippen molar-refractivity contribution in [3.8, 4) is 0 Å². The molecule has 22 heavy (non-hydrogen) atoms. The first-order chi connectivity index (χ1) is 10.0. The van der Waals surface area contributed by atoms with Crippen molar-refractivity contribution in [2.24, 2.45) is 0 Å². The number of carbonyl (C=O) groups excluding carboxylic acids is 1. The number of amides is 1. The number of carbonyl (C=O) groups is 2. The number of aliphatic carboxylic acids is 1. The molecule has 1 atom stereocenters. The van der Waals surface area contributed by atoms with Crippen LogP contribution in [0.25, 0.3) is 0 Å². The van der Waals surface area contributed by atoms with E-state index >= 15 is 0 Å². The van der Waals surface area contributed by atoms with Crippen molar-refractivity contribution in [2.45, 2.75) is 44.8 Å². The van der Waals surface area contributed by atoms with Crippen LogP contribution in [0.1, 0.15) is 31.9 Å². The molecule has 0 aliphatic heterocycles. The van der Waals surface area contributed by atoms with Crippen LogP contribution in [0.2, 0.25) is 5.02 Å². The summed E-state index contributed by atoms with van der Waals surface area (Å²) in [6.07, 6.45) is -0.188. The second-order valence-electron chi connectivity index (χ2n) is 6.64. The molecule has 1 aliphatic carbocycles. The van der Waals surface area contributed by atoms with E-state index in [9.17, 15) is 14.7 Å². The van der Waals surface area contributed by atoms with Crippen molar-refractivity contribution in [2.75, 3.05) is 7.05 Å². The van der Waals surface area contributed by atoms with Crippen LogP contribution in [0.15, 0.2) is 18.2 Å². The van der Waals surface area contributed by atoms with E-state index in [4.69, 9.17) is 16.3 Å². The third-order valence-corrected chi connectivity index (χ3v) is 4.08. The highest BCUT2D eigenvalue weighted by molar-refractivity contribution is 6.30. The molecule has 5 nitrogen and oxygen atoms in total. The van der Waals surface area contributed by atoms with Crippen LogP contribution in [-0.4, -0.2) is 40.3 Å². The van der Waals surface area contributed by atoms with Gasteiger partial charge in [0.1, 0.15) is 5.60 Å². The molecular weight excluding hydrogens is 306 g/mol. The Morgan fingerprint density at radius 1 is 1.27 bits per heavy atom. The average molecular weight is 326 g/mol. The SMILES string of the molecule is CN(C(=O)OC(C)(C)C)C1(C(=O)O)Cc2ccc(Cl)cc2C1. The van der Waals surface area contributed by atoms with Gasteiger partial charge in [0, 0.05) is 24.9 Å². The lowest BCUT2D eigenvalue weighted by Crippen LogP contribution is -2.57. The zero-order chi connectivity index (χ0) is 16.7. The van der Waals surface area contributed by atoms with Crippen molar-refractivity contribution < 1.29 is 19.4 Å². The maximum absolute atomic E-state index is 12.3. The number of likely N-dealkylation sites (N-methyl/N-ethyl adjacent to an activating group) is 1. The van der Waals surface area contributed by atoms with Crippen molar-refractivity contribution in [1.82, 2.24) is 4.90 Å². The van der Waals surface area contributed by atoms with Gasteiger partial charge in [0.2, 0.25) is 0 Å². The fourth-order valence-electron chi connectivity index (χ4n) is 2.66. The summed E-state index contributed by atoms with van der Waals surface area (Å²) in [5, 5.41) is 10.3. The Morgan fingerprint density at radius 2 is 1.86 bits per heavy atom. The van der Waals surface area contributed by atoms with Gasteiger partial charge in [-0.25, -0.2) is 9.59 Å². The Kier molecular flexibility index (Phi) is 4.13. The summed E-state index contributed by atoms with van der Waals surface area (Å²) in [6, 6.07) is 5.29. The van der Waals surface area contributed by atoms with Crippen molar-refractivity contribution in [1.29, 1.82) is 0 Å². The molecule has 0 saturated carbocycles. The topological polar surface area (TPSA) is 66.8 Å². The van der Waals surface area contributed by atoms with Gasteiger partial charge in [-0.2, -0.15) is 0 Å². The highest BCUT2D eigenvalue weighted by Gasteiger charge is 2.50. The van der Waals surface area contributed by atoms with Crippen LogP contribution < -0.4 is 0 Å². The molecule has 0 saturated heterocycles. The third kappa shape index (κ3) is 3.04. The molecule has 2 rings (SSSR count). The van der Waals surface area contributed by atoms with Gasteiger partial charge in [-0.1, -0.05) is 17.7 Å². The Hall–Kier alpha value is -1.75. The molecule has 1 unspecified atom stereocenters. The number of carboxylic acids is 1. The average Bonchev–Trinajstić information content (AvgIpc) is 2.75. The van der Waals surface area contributed by atoms with Crippen molar-refractivity contribution in [3.05, 3.63) is 34.3 Å². The first-order valence-electron chi connectivity index (χ1n) is 7.03. The van der Waals surface area contributed by atoms with Crippen LogP contribution in [-0.2, 0) is 22.4 Å². The van der Waals surface area contributed by atoms with Gasteiger partial charge in [-0.15, -0.1) is 0 Å². The zero-order valence-corrected chi connectivity index (χ0v) is 13.9. The van der Waals surface area contributed by atoms with E-state index in [0.29, 0.717) is 5.02 Å². The lowest BCUT2D eigenvalue weighted by atomic mass is 9.94. The van der Waals surface area contributed by atoms with Crippen molar-refractivity contribution in [3.63, 3.8) is 0 Å². The summed E-state index contributed by atoms with van der Waals surface area (Å²) in [6.45, 7) is 5.24. The molecule has 0 aromatic heterocycles. The van der Waals surface area contributed by atoms with Gasteiger partial charge in [-0.05, 0) is 44.0 Å². The van der Waals surface area contributed by atoms with Gasteiger partial charge in [0.05, 0.1) is 0 Å². The molecule has 1 aromatic rings. The predicted octanol–water partition coefficient (Wildman–Crippen LogP) is 3.13. The van der Waals surface area contributed by atoms with E-state index in [2.05, 4.69) is 0 Å². The van der Waals surface area contributed by atoms with E-state index in [0.717, 1.165) is 11.1 Å². The fourth-order valence-corrected chi connectivity index (χ4v) is 2.86. The van der Waals surface area contributed by atoms with Crippen LogP contribution in [0.4, 0.5) is 4.79 Å².